The molecule has 1 atom stereocenters. The fourth-order valence-corrected chi connectivity index (χ4v) is 2.52. The van der Waals surface area contributed by atoms with Crippen LogP contribution in [-0.2, 0) is 4.79 Å². The zero-order valence-electron chi connectivity index (χ0n) is 10.7. The lowest BCUT2D eigenvalue weighted by molar-refractivity contribution is -0.123. The van der Waals surface area contributed by atoms with E-state index in [4.69, 9.17) is 27.9 Å². The van der Waals surface area contributed by atoms with Gasteiger partial charge in [0.1, 0.15) is 5.75 Å². The fraction of sp³-hybridized carbons (Fsp3) is 0.462. The maximum absolute atomic E-state index is 11.7. The van der Waals surface area contributed by atoms with E-state index in [0.29, 0.717) is 15.8 Å². The molecule has 104 valence electrons. The molecule has 1 heterocycles. The molecule has 1 saturated heterocycles. The Balaban J connectivity index is 1.80. The largest absolute Gasteiger partial charge is 0.482 e. The van der Waals surface area contributed by atoms with E-state index in [1.54, 1.807) is 18.2 Å². The molecule has 1 aliphatic rings. The standard InChI is InChI=1S/C13H16Cl2N2O2/c1-17-5-4-10(7-17)16-13(18)8-19-12-3-2-9(14)6-11(12)15/h2-3,6,10H,4-5,7-8H2,1H3,(H,16,18). The van der Waals surface area contributed by atoms with Gasteiger partial charge in [-0.1, -0.05) is 23.2 Å². The van der Waals surface area contributed by atoms with Crippen LogP contribution in [0.5, 0.6) is 5.75 Å². The first kappa shape index (κ1) is 14.4. The van der Waals surface area contributed by atoms with Crippen molar-refractivity contribution in [2.75, 3.05) is 26.7 Å². The van der Waals surface area contributed by atoms with E-state index >= 15 is 0 Å². The van der Waals surface area contributed by atoms with Gasteiger partial charge in [-0.15, -0.1) is 0 Å². The molecule has 1 fully saturated rings. The van der Waals surface area contributed by atoms with E-state index in [1.165, 1.54) is 0 Å². The number of carbonyl (C=O) groups is 1. The van der Waals surface area contributed by atoms with Gasteiger partial charge in [0.05, 0.1) is 5.02 Å². The summed E-state index contributed by atoms with van der Waals surface area (Å²) in [6.07, 6.45) is 0.976. The molecule has 1 aliphatic heterocycles. The van der Waals surface area contributed by atoms with E-state index in [0.717, 1.165) is 19.5 Å². The van der Waals surface area contributed by atoms with Crippen LogP contribution in [0.3, 0.4) is 0 Å². The highest BCUT2D eigenvalue weighted by atomic mass is 35.5. The molecular weight excluding hydrogens is 287 g/mol. The summed E-state index contributed by atoms with van der Waals surface area (Å²) in [5, 5.41) is 3.88. The average Bonchev–Trinajstić information content (AvgIpc) is 2.73. The Hall–Kier alpha value is -0.970. The topological polar surface area (TPSA) is 41.6 Å². The molecule has 0 radical (unpaired) electrons. The smallest absolute Gasteiger partial charge is 0.258 e. The SMILES string of the molecule is CN1CCC(NC(=O)COc2ccc(Cl)cc2Cl)C1. The van der Waals surface area contributed by atoms with Gasteiger partial charge >= 0.3 is 0 Å². The third-order valence-corrected chi connectivity index (χ3v) is 3.54. The van der Waals surface area contributed by atoms with Crippen LogP contribution in [0.1, 0.15) is 6.42 Å². The predicted molar refractivity (Wildman–Crippen MR) is 76.0 cm³/mol. The van der Waals surface area contributed by atoms with Gasteiger partial charge in [0.2, 0.25) is 0 Å². The summed E-state index contributed by atoms with van der Waals surface area (Å²) in [5.41, 5.74) is 0. The number of hydrogen-bond donors (Lipinski definition) is 1. The Labute approximate surface area is 122 Å². The fourth-order valence-electron chi connectivity index (χ4n) is 2.06. The highest BCUT2D eigenvalue weighted by molar-refractivity contribution is 6.35. The lowest BCUT2D eigenvalue weighted by Crippen LogP contribution is -2.39. The minimum atomic E-state index is -0.133. The number of halogens is 2. The molecule has 1 aromatic rings. The van der Waals surface area contributed by atoms with Gasteiger partial charge in [0, 0.05) is 17.6 Å². The van der Waals surface area contributed by atoms with Gasteiger partial charge in [0.15, 0.2) is 6.61 Å². The second kappa shape index (κ2) is 6.46. The summed E-state index contributed by atoms with van der Waals surface area (Å²) in [5.74, 6) is 0.330. The third-order valence-electron chi connectivity index (χ3n) is 3.01. The zero-order valence-corrected chi connectivity index (χ0v) is 12.2. The molecule has 0 spiro atoms. The van der Waals surface area contributed by atoms with Crippen LogP contribution in [0.25, 0.3) is 0 Å². The van der Waals surface area contributed by atoms with Crippen LogP contribution in [0.2, 0.25) is 10.0 Å². The van der Waals surface area contributed by atoms with Crippen LogP contribution in [0.15, 0.2) is 18.2 Å². The Morgan fingerprint density at radius 3 is 2.95 bits per heavy atom. The molecule has 4 nitrogen and oxygen atoms in total. The van der Waals surface area contributed by atoms with Gasteiger partial charge < -0.3 is 15.0 Å². The van der Waals surface area contributed by atoms with Crippen LogP contribution < -0.4 is 10.1 Å². The van der Waals surface area contributed by atoms with Crippen LogP contribution in [0, 0.1) is 0 Å². The van der Waals surface area contributed by atoms with Crippen LogP contribution >= 0.6 is 23.2 Å². The molecule has 0 aromatic heterocycles. The summed E-state index contributed by atoms with van der Waals surface area (Å²) in [6.45, 7) is 1.85. The first-order chi connectivity index (χ1) is 9.04. The van der Waals surface area contributed by atoms with E-state index in [1.807, 2.05) is 7.05 Å². The van der Waals surface area contributed by atoms with Crippen molar-refractivity contribution in [3.63, 3.8) is 0 Å². The van der Waals surface area contributed by atoms with Crippen LogP contribution in [0.4, 0.5) is 0 Å². The van der Waals surface area contributed by atoms with Gasteiger partial charge in [-0.25, -0.2) is 0 Å². The number of nitrogens with zero attached hydrogens (tertiary/aromatic N) is 1. The van der Waals surface area contributed by atoms with Crippen molar-refractivity contribution >= 4 is 29.1 Å². The lowest BCUT2D eigenvalue weighted by Gasteiger charge is -2.13. The lowest BCUT2D eigenvalue weighted by atomic mass is 10.2. The highest BCUT2D eigenvalue weighted by Gasteiger charge is 2.21. The molecule has 6 heteroatoms. The van der Waals surface area contributed by atoms with Crippen molar-refractivity contribution in [2.45, 2.75) is 12.5 Å². The van der Waals surface area contributed by atoms with Gasteiger partial charge in [0.25, 0.3) is 5.91 Å². The molecule has 0 bridgehead atoms. The van der Waals surface area contributed by atoms with Gasteiger partial charge in [-0.3, -0.25) is 4.79 Å². The molecule has 2 rings (SSSR count). The Bertz CT molecular complexity index is 468. The van der Waals surface area contributed by atoms with Crippen molar-refractivity contribution < 1.29 is 9.53 Å². The second-order valence-electron chi connectivity index (χ2n) is 4.68. The summed E-state index contributed by atoms with van der Waals surface area (Å²) >= 11 is 11.7. The third kappa shape index (κ3) is 4.27. The zero-order chi connectivity index (χ0) is 13.8. The summed E-state index contributed by atoms with van der Waals surface area (Å²) in [7, 11) is 2.04. The first-order valence-corrected chi connectivity index (χ1v) is 6.86. The number of benzene rings is 1. The molecule has 0 aliphatic carbocycles. The number of likely N-dealkylation sites (tertiary alicyclic amines) is 1. The maximum Gasteiger partial charge on any atom is 0.258 e. The molecule has 1 amide bonds. The number of carbonyl (C=O) groups excluding carboxylic acids is 1. The molecule has 19 heavy (non-hydrogen) atoms. The van der Waals surface area contributed by atoms with Crippen molar-refractivity contribution in [1.29, 1.82) is 0 Å². The number of hydrogen-bond acceptors (Lipinski definition) is 3. The number of likely N-dealkylation sites (N-methyl/N-ethyl adjacent to an activating group) is 1. The maximum atomic E-state index is 11.7. The minimum Gasteiger partial charge on any atom is -0.482 e. The Morgan fingerprint density at radius 2 is 2.32 bits per heavy atom. The van der Waals surface area contributed by atoms with E-state index in [-0.39, 0.29) is 18.6 Å². The number of nitrogens with one attached hydrogen (secondary N) is 1. The van der Waals surface area contributed by atoms with E-state index < -0.39 is 0 Å². The highest BCUT2D eigenvalue weighted by Crippen LogP contribution is 2.27. The van der Waals surface area contributed by atoms with E-state index in [9.17, 15) is 4.79 Å². The molecule has 1 unspecified atom stereocenters. The Morgan fingerprint density at radius 1 is 1.53 bits per heavy atom. The first-order valence-electron chi connectivity index (χ1n) is 6.10. The van der Waals surface area contributed by atoms with Crippen molar-refractivity contribution in [2.24, 2.45) is 0 Å². The average molecular weight is 303 g/mol. The molecular formula is C13H16Cl2N2O2. The summed E-state index contributed by atoms with van der Waals surface area (Å²) < 4.78 is 5.37. The van der Waals surface area contributed by atoms with Gasteiger partial charge in [-0.05, 0) is 38.2 Å². The summed E-state index contributed by atoms with van der Waals surface area (Å²) in [6, 6.07) is 5.12. The molecule has 0 saturated carbocycles. The van der Waals surface area contributed by atoms with Gasteiger partial charge in [-0.2, -0.15) is 0 Å². The number of rotatable bonds is 4. The van der Waals surface area contributed by atoms with Crippen LogP contribution in [-0.4, -0.2) is 43.6 Å². The minimum absolute atomic E-state index is 0.0401. The predicted octanol–water partition coefficient (Wildman–Crippen LogP) is 2.19. The normalized spacial score (nSPS) is 19.4. The molecule has 1 N–H and O–H groups in total. The summed E-state index contributed by atoms with van der Waals surface area (Å²) in [4.78, 5) is 13.9. The molecule has 1 aromatic carbocycles. The Kier molecular flexibility index (Phi) is 4.91. The van der Waals surface area contributed by atoms with Crippen molar-refractivity contribution in [3.8, 4) is 5.75 Å². The quantitative estimate of drug-likeness (QED) is 0.927. The number of ether oxygens (including phenoxy) is 1. The van der Waals surface area contributed by atoms with Crippen molar-refractivity contribution in [1.82, 2.24) is 10.2 Å². The second-order valence-corrected chi connectivity index (χ2v) is 5.52. The number of amides is 1. The van der Waals surface area contributed by atoms with E-state index in [2.05, 4.69) is 10.2 Å². The monoisotopic (exact) mass is 302 g/mol. The van der Waals surface area contributed by atoms with Crippen molar-refractivity contribution in [3.05, 3.63) is 28.2 Å².